The SMILES string of the molecule is COc1nc(N(C)Cc2csc(Br)c2)ccc1N. The highest BCUT2D eigenvalue weighted by Gasteiger charge is 2.08. The summed E-state index contributed by atoms with van der Waals surface area (Å²) in [4.78, 5) is 6.42. The smallest absolute Gasteiger partial charge is 0.238 e. The van der Waals surface area contributed by atoms with Crippen LogP contribution in [0.1, 0.15) is 5.56 Å². The maximum Gasteiger partial charge on any atom is 0.238 e. The number of nitrogens with zero attached hydrogens (tertiary/aromatic N) is 2. The second kappa shape index (κ2) is 5.58. The van der Waals surface area contributed by atoms with Gasteiger partial charge in [0.2, 0.25) is 5.88 Å². The number of pyridine rings is 1. The summed E-state index contributed by atoms with van der Waals surface area (Å²) in [5.74, 6) is 1.30. The lowest BCUT2D eigenvalue weighted by atomic mass is 10.3. The van der Waals surface area contributed by atoms with Crippen LogP contribution < -0.4 is 15.4 Å². The van der Waals surface area contributed by atoms with Crippen molar-refractivity contribution < 1.29 is 4.74 Å². The number of thiophene rings is 1. The van der Waals surface area contributed by atoms with E-state index in [1.807, 2.05) is 13.1 Å². The van der Waals surface area contributed by atoms with Crippen LogP contribution in [0.5, 0.6) is 5.88 Å². The number of methoxy groups -OCH3 is 1. The molecule has 2 rings (SSSR count). The molecule has 0 fully saturated rings. The first-order chi connectivity index (χ1) is 8.60. The minimum Gasteiger partial charge on any atom is -0.479 e. The summed E-state index contributed by atoms with van der Waals surface area (Å²) in [6.07, 6.45) is 0. The minimum atomic E-state index is 0.464. The predicted octanol–water partition coefficient (Wildman–Crippen LogP) is 3.13. The molecule has 0 bridgehead atoms. The maximum absolute atomic E-state index is 5.75. The van der Waals surface area contributed by atoms with Gasteiger partial charge in [-0.1, -0.05) is 0 Å². The number of hydrogen-bond donors (Lipinski definition) is 1. The molecule has 96 valence electrons. The molecule has 0 spiro atoms. The first-order valence-corrected chi connectivity index (χ1v) is 7.02. The summed E-state index contributed by atoms with van der Waals surface area (Å²) >= 11 is 5.14. The quantitative estimate of drug-likeness (QED) is 0.937. The number of nitrogens with two attached hydrogens (primary N) is 1. The Morgan fingerprint density at radius 3 is 2.89 bits per heavy atom. The third-order valence-corrected chi connectivity index (χ3v) is 4.05. The molecule has 0 saturated heterocycles. The lowest BCUT2D eigenvalue weighted by molar-refractivity contribution is 0.400. The third kappa shape index (κ3) is 2.94. The van der Waals surface area contributed by atoms with E-state index in [0.717, 1.165) is 16.1 Å². The van der Waals surface area contributed by atoms with Crippen LogP contribution in [0.2, 0.25) is 0 Å². The first-order valence-electron chi connectivity index (χ1n) is 5.34. The normalized spacial score (nSPS) is 10.4. The van der Waals surface area contributed by atoms with Gasteiger partial charge in [0.15, 0.2) is 0 Å². The van der Waals surface area contributed by atoms with Crippen LogP contribution in [0.25, 0.3) is 0 Å². The minimum absolute atomic E-state index is 0.464. The summed E-state index contributed by atoms with van der Waals surface area (Å²) in [6, 6.07) is 5.80. The lowest BCUT2D eigenvalue weighted by Crippen LogP contribution is -2.17. The Morgan fingerprint density at radius 2 is 2.28 bits per heavy atom. The van der Waals surface area contributed by atoms with Crippen molar-refractivity contribution in [2.75, 3.05) is 24.8 Å². The summed E-state index contributed by atoms with van der Waals surface area (Å²) in [5.41, 5.74) is 7.54. The van der Waals surface area contributed by atoms with Crippen molar-refractivity contribution in [1.82, 2.24) is 4.98 Å². The molecule has 0 unspecified atom stereocenters. The van der Waals surface area contributed by atoms with Gasteiger partial charge in [0, 0.05) is 13.6 Å². The van der Waals surface area contributed by atoms with E-state index < -0.39 is 0 Å². The van der Waals surface area contributed by atoms with Gasteiger partial charge in [0.05, 0.1) is 16.6 Å². The highest BCUT2D eigenvalue weighted by Crippen LogP contribution is 2.25. The van der Waals surface area contributed by atoms with Crippen LogP contribution in [-0.2, 0) is 6.54 Å². The zero-order valence-corrected chi connectivity index (χ0v) is 12.6. The molecule has 2 N–H and O–H groups in total. The fourth-order valence-electron chi connectivity index (χ4n) is 1.60. The highest BCUT2D eigenvalue weighted by molar-refractivity contribution is 9.11. The van der Waals surface area contributed by atoms with E-state index in [9.17, 15) is 0 Å². The van der Waals surface area contributed by atoms with Crippen LogP contribution in [0, 0.1) is 0 Å². The number of aromatic nitrogens is 1. The average molecular weight is 328 g/mol. The van der Waals surface area contributed by atoms with Crippen molar-refractivity contribution in [2.24, 2.45) is 0 Å². The molecule has 0 atom stereocenters. The second-order valence-corrected chi connectivity index (χ2v) is 6.17. The Hall–Kier alpha value is -1.27. The molecule has 0 aliphatic carbocycles. The largest absolute Gasteiger partial charge is 0.479 e. The van der Waals surface area contributed by atoms with Gasteiger partial charge in [0.1, 0.15) is 5.82 Å². The van der Waals surface area contributed by atoms with Crippen molar-refractivity contribution in [3.63, 3.8) is 0 Å². The Labute approximate surface area is 119 Å². The van der Waals surface area contributed by atoms with Crippen molar-refractivity contribution in [2.45, 2.75) is 6.54 Å². The van der Waals surface area contributed by atoms with E-state index in [0.29, 0.717) is 11.6 Å². The number of anilines is 2. The van der Waals surface area contributed by atoms with Gasteiger partial charge in [-0.15, -0.1) is 11.3 Å². The van der Waals surface area contributed by atoms with Crippen LogP contribution in [0.15, 0.2) is 27.4 Å². The van der Waals surface area contributed by atoms with E-state index in [1.165, 1.54) is 5.56 Å². The molecule has 2 aromatic rings. The molecule has 0 radical (unpaired) electrons. The zero-order chi connectivity index (χ0) is 13.1. The molecule has 0 aliphatic heterocycles. The molecule has 0 amide bonds. The molecule has 0 saturated carbocycles. The van der Waals surface area contributed by atoms with Gasteiger partial charge >= 0.3 is 0 Å². The maximum atomic E-state index is 5.75. The van der Waals surface area contributed by atoms with Gasteiger partial charge in [-0.05, 0) is 45.1 Å². The van der Waals surface area contributed by atoms with Crippen molar-refractivity contribution in [3.8, 4) is 5.88 Å². The van der Waals surface area contributed by atoms with Gasteiger partial charge in [-0.25, -0.2) is 0 Å². The van der Waals surface area contributed by atoms with Gasteiger partial charge in [-0.2, -0.15) is 4.98 Å². The van der Waals surface area contributed by atoms with Crippen molar-refractivity contribution in [3.05, 3.63) is 32.9 Å². The van der Waals surface area contributed by atoms with Crippen LogP contribution >= 0.6 is 27.3 Å². The Kier molecular flexibility index (Phi) is 4.08. The zero-order valence-electron chi connectivity index (χ0n) is 10.2. The summed E-state index contributed by atoms with van der Waals surface area (Å²) in [5, 5.41) is 2.12. The van der Waals surface area contributed by atoms with Crippen LogP contribution in [0.4, 0.5) is 11.5 Å². The van der Waals surface area contributed by atoms with Crippen molar-refractivity contribution in [1.29, 1.82) is 0 Å². The number of rotatable bonds is 4. The number of ether oxygens (including phenoxy) is 1. The summed E-state index contributed by atoms with van der Waals surface area (Å²) < 4.78 is 6.25. The predicted molar refractivity (Wildman–Crippen MR) is 79.3 cm³/mol. The number of nitrogen functional groups attached to an aromatic ring is 1. The fraction of sp³-hybridized carbons (Fsp3) is 0.250. The van der Waals surface area contributed by atoms with Crippen molar-refractivity contribution >= 4 is 38.8 Å². The third-order valence-electron chi connectivity index (χ3n) is 2.50. The number of hydrogen-bond acceptors (Lipinski definition) is 5. The van der Waals surface area contributed by atoms with E-state index in [2.05, 4.69) is 37.3 Å². The van der Waals surface area contributed by atoms with Gasteiger partial charge in [0.25, 0.3) is 0 Å². The molecule has 2 heterocycles. The molecular weight excluding hydrogens is 314 g/mol. The van der Waals surface area contributed by atoms with Crippen LogP contribution in [-0.4, -0.2) is 19.1 Å². The molecule has 0 aliphatic rings. The fourth-order valence-corrected chi connectivity index (χ4v) is 2.80. The first kappa shape index (κ1) is 13.2. The van der Waals surface area contributed by atoms with E-state index in [1.54, 1.807) is 24.5 Å². The molecule has 0 aromatic carbocycles. The topological polar surface area (TPSA) is 51.4 Å². The average Bonchev–Trinajstić information content (AvgIpc) is 2.75. The summed E-state index contributed by atoms with van der Waals surface area (Å²) in [7, 11) is 3.56. The molecule has 6 heteroatoms. The Bertz CT molecular complexity index is 544. The standard InChI is InChI=1S/C12H14BrN3OS/c1-16(6-8-5-10(13)18-7-8)11-4-3-9(14)12(15-11)17-2/h3-5,7H,6,14H2,1-2H3. The number of halogens is 1. The van der Waals surface area contributed by atoms with Crippen LogP contribution in [0.3, 0.4) is 0 Å². The lowest BCUT2D eigenvalue weighted by Gasteiger charge is -2.18. The molecule has 2 aromatic heterocycles. The van der Waals surface area contributed by atoms with E-state index >= 15 is 0 Å². The molecular formula is C12H14BrN3OS. The van der Waals surface area contributed by atoms with E-state index in [4.69, 9.17) is 10.5 Å². The van der Waals surface area contributed by atoms with Gasteiger partial charge in [-0.3, -0.25) is 0 Å². The Morgan fingerprint density at radius 1 is 1.50 bits per heavy atom. The highest BCUT2D eigenvalue weighted by atomic mass is 79.9. The second-order valence-electron chi connectivity index (χ2n) is 3.88. The van der Waals surface area contributed by atoms with E-state index in [-0.39, 0.29) is 0 Å². The molecule has 18 heavy (non-hydrogen) atoms. The molecule has 4 nitrogen and oxygen atoms in total. The van der Waals surface area contributed by atoms with Gasteiger partial charge < -0.3 is 15.4 Å². The summed E-state index contributed by atoms with van der Waals surface area (Å²) in [6.45, 7) is 0.794. The Balaban J connectivity index is 2.15. The monoisotopic (exact) mass is 327 g/mol.